The van der Waals surface area contributed by atoms with Gasteiger partial charge in [-0.2, -0.15) is 0 Å². The van der Waals surface area contributed by atoms with E-state index >= 15 is 0 Å². The Bertz CT molecular complexity index is 852. The predicted octanol–water partition coefficient (Wildman–Crippen LogP) is 3.57. The fourth-order valence-corrected chi connectivity index (χ4v) is 2.84. The Hall–Kier alpha value is -3.22. The van der Waals surface area contributed by atoms with Crippen molar-refractivity contribution < 1.29 is 23.8 Å². The lowest BCUT2D eigenvalue weighted by Crippen LogP contribution is -2.41. The first-order chi connectivity index (χ1) is 13.9. The average molecular weight is 400 g/mol. The fraction of sp³-hybridized carbons (Fsp3) is 0.364. The van der Waals surface area contributed by atoms with Crippen molar-refractivity contribution in [2.45, 2.75) is 34.6 Å². The van der Waals surface area contributed by atoms with E-state index in [1.54, 1.807) is 18.2 Å². The lowest BCUT2D eigenvalue weighted by Gasteiger charge is -2.17. The van der Waals surface area contributed by atoms with Gasteiger partial charge in [-0.1, -0.05) is 17.7 Å². The molecule has 0 fully saturated rings. The molecule has 0 aromatic heterocycles. The molecule has 0 bridgehead atoms. The van der Waals surface area contributed by atoms with Gasteiger partial charge in [-0.05, 0) is 58.4 Å². The van der Waals surface area contributed by atoms with Crippen LogP contribution in [0.25, 0.3) is 0 Å². The second-order valence-corrected chi connectivity index (χ2v) is 6.33. The smallest absolute Gasteiger partial charge is 0.269 e. The quantitative estimate of drug-likeness (QED) is 0.662. The van der Waals surface area contributed by atoms with E-state index in [9.17, 15) is 9.59 Å². The number of aryl methyl sites for hydroxylation is 2. The molecule has 2 N–H and O–H groups in total. The standard InChI is InChI=1S/C22H28N2O5/c1-6-27-18-12-16(13-19(28-7-2)20(18)29-8-3)21(25)23-24-22(26)17-10-9-14(4)11-15(17)5/h9-13H,6-8H2,1-5H3,(H,23,25)(H,24,26). The second-order valence-electron chi connectivity index (χ2n) is 6.33. The van der Waals surface area contributed by atoms with Crippen LogP contribution in [0, 0.1) is 13.8 Å². The summed E-state index contributed by atoms with van der Waals surface area (Å²) in [7, 11) is 0. The average Bonchev–Trinajstić information content (AvgIpc) is 2.68. The fourth-order valence-electron chi connectivity index (χ4n) is 2.84. The number of benzene rings is 2. The Morgan fingerprint density at radius 1 is 0.793 bits per heavy atom. The summed E-state index contributed by atoms with van der Waals surface area (Å²) in [6, 6.07) is 8.61. The molecule has 2 amide bonds. The molecule has 0 saturated heterocycles. The Morgan fingerprint density at radius 3 is 1.86 bits per heavy atom. The van der Waals surface area contributed by atoms with Crippen molar-refractivity contribution in [2.24, 2.45) is 0 Å². The summed E-state index contributed by atoms with van der Waals surface area (Å²) in [6.45, 7) is 10.6. The summed E-state index contributed by atoms with van der Waals surface area (Å²) in [4.78, 5) is 25.0. The number of nitrogens with one attached hydrogen (secondary N) is 2. The summed E-state index contributed by atoms with van der Waals surface area (Å²) in [5.74, 6) is 0.384. The molecular formula is C22H28N2O5. The molecule has 0 aliphatic rings. The number of amides is 2. The third-order valence-corrected chi connectivity index (χ3v) is 4.09. The van der Waals surface area contributed by atoms with E-state index in [1.165, 1.54) is 0 Å². The van der Waals surface area contributed by atoms with E-state index in [-0.39, 0.29) is 5.56 Å². The number of hydrogen-bond donors (Lipinski definition) is 2. The van der Waals surface area contributed by atoms with Crippen molar-refractivity contribution in [1.29, 1.82) is 0 Å². The SMILES string of the molecule is CCOc1cc(C(=O)NNC(=O)c2ccc(C)cc2C)cc(OCC)c1OCC. The summed E-state index contributed by atoms with van der Waals surface area (Å²) >= 11 is 0. The van der Waals surface area contributed by atoms with Gasteiger partial charge in [-0.25, -0.2) is 0 Å². The van der Waals surface area contributed by atoms with Crippen LogP contribution in [0.15, 0.2) is 30.3 Å². The third-order valence-electron chi connectivity index (χ3n) is 4.09. The van der Waals surface area contributed by atoms with Gasteiger partial charge in [0.2, 0.25) is 5.75 Å². The van der Waals surface area contributed by atoms with Gasteiger partial charge in [0.15, 0.2) is 11.5 Å². The van der Waals surface area contributed by atoms with Crippen molar-refractivity contribution in [1.82, 2.24) is 10.9 Å². The van der Waals surface area contributed by atoms with Gasteiger partial charge in [0.25, 0.3) is 11.8 Å². The van der Waals surface area contributed by atoms with Crippen LogP contribution in [0.1, 0.15) is 52.6 Å². The molecule has 0 saturated carbocycles. The van der Waals surface area contributed by atoms with Gasteiger partial charge in [0.1, 0.15) is 0 Å². The molecule has 29 heavy (non-hydrogen) atoms. The van der Waals surface area contributed by atoms with E-state index in [4.69, 9.17) is 14.2 Å². The first kappa shape index (κ1) is 22.1. The maximum atomic E-state index is 12.6. The highest BCUT2D eigenvalue weighted by molar-refractivity contribution is 6.00. The van der Waals surface area contributed by atoms with E-state index in [0.29, 0.717) is 42.6 Å². The van der Waals surface area contributed by atoms with Gasteiger partial charge >= 0.3 is 0 Å². The molecule has 0 atom stereocenters. The highest BCUT2D eigenvalue weighted by Crippen LogP contribution is 2.39. The van der Waals surface area contributed by atoms with Gasteiger partial charge in [-0.3, -0.25) is 20.4 Å². The van der Waals surface area contributed by atoms with Gasteiger partial charge in [0.05, 0.1) is 19.8 Å². The number of carbonyl (C=O) groups excluding carboxylic acids is 2. The molecule has 0 aliphatic heterocycles. The van der Waals surface area contributed by atoms with Gasteiger partial charge in [0, 0.05) is 11.1 Å². The lowest BCUT2D eigenvalue weighted by atomic mass is 10.1. The number of carbonyl (C=O) groups is 2. The zero-order valence-corrected chi connectivity index (χ0v) is 17.5. The molecule has 0 aliphatic carbocycles. The van der Waals surface area contributed by atoms with Crippen molar-refractivity contribution in [3.05, 3.63) is 52.6 Å². The number of hydrazine groups is 1. The minimum Gasteiger partial charge on any atom is -0.490 e. The van der Waals surface area contributed by atoms with Crippen molar-refractivity contribution in [2.75, 3.05) is 19.8 Å². The molecule has 0 heterocycles. The van der Waals surface area contributed by atoms with Crippen molar-refractivity contribution >= 4 is 11.8 Å². The van der Waals surface area contributed by atoms with Gasteiger partial charge < -0.3 is 14.2 Å². The summed E-state index contributed by atoms with van der Waals surface area (Å²) < 4.78 is 16.9. The minimum atomic E-state index is -0.493. The van der Waals surface area contributed by atoms with E-state index in [1.807, 2.05) is 46.8 Å². The highest BCUT2D eigenvalue weighted by Gasteiger charge is 2.19. The normalized spacial score (nSPS) is 10.2. The molecule has 156 valence electrons. The van der Waals surface area contributed by atoms with Crippen LogP contribution in [-0.2, 0) is 0 Å². The molecule has 2 aromatic rings. The number of rotatable bonds is 8. The second kappa shape index (κ2) is 10.4. The minimum absolute atomic E-state index is 0.279. The number of ether oxygens (including phenoxy) is 3. The molecule has 7 heteroatoms. The first-order valence-electron chi connectivity index (χ1n) is 9.65. The molecular weight excluding hydrogens is 372 g/mol. The van der Waals surface area contributed by atoms with E-state index in [2.05, 4.69) is 10.9 Å². The van der Waals surface area contributed by atoms with Crippen LogP contribution in [0.4, 0.5) is 0 Å². The Kier molecular flexibility index (Phi) is 7.88. The molecule has 7 nitrogen and oxygen atoms in total. The molecule has 0 spiro atoms. The molecule has 0 unspecified atom stereocenters. The molecule has 0 radical (unpaired) electrons. The van der Waals surface area contributed by atoms with Crippen LogP contribution in [0.2, 0.25) is 0 Å². The summed E-state index contributed by atoms with van der Waals surface area (Å²) in [6.07, 6.45) is 0. The topological polar surface area (TPSA) is 85.9 Å². The lowest BCUT2D eigenvalue weighted by molar-refractivity contribution is 0.0846. The maximum absolute atomic E-state index is 12.6. The maximum Gasteiger partial charge on any atom is 0.269 e. The Morgan fingerprint density at radius 2 is 1.34 bits per heavy atom. The Balaban J connectivity index is 2.21. The third kappa shape index (κ3) is 5.63. The Labute approximate surface area is 171 Å². The summed E-state index contributed by atoms with van der Waals surface area (Å²) in [5, 5.41) is 0. The largest absolute Gasteiger partial charge is 0.490 e. The number of hydrogen-bond acceptors (Lipinski definition) is 5. The van der Waals surface area contributed by atoms with Crippen LogP contribution in [-0.4, -0.2) is 31.6 Å². The predicted molar refractivity (Wildman–Crippen MR) is 111 cm³/mol. The summed E-state index contributed by atoms with van der Waals surface area (Å²) in [5.41, 5.74) is 7.55. The van der Waals surface area contributed by atoms with Crippen LogP contribution in [0.5, 0.6) is 17.2 Å². The van der Waals surface area contributed by atoms with Crippen LogP contribution < -0.4 is 25.1 Å². The zero-order valence-electron chi connectivity index (χ0n) is 17.5. The van der Waals surface area contributed by atoms with E-state index < -0.39 is 11.8 Å². The van der Waals surface area contributed by atoms with Crippen molar-refractivity contribution in [3.63, 3.8) is 0 Å². The van der Waals surface area contributed by atoms with Crippen molar-refractivity contribution in [3.8, 4) is 17.2 Å². The monoisotopic (exact) mass is 400 g/mol. The van der Waals surface area contributed by atoms with Crippen LogP contribution >= 0.6 is 0 Å². The highest BCUT2D eigenvalue weighted by atomic mass is 16.5. The van der Waals surface area contributed by atoms with E-state index in [0.717, 1.165) is 11.1 Å². The molecule has 2 rings (SSSR count). The van der Waals surface area contributed by atoms with Crippen LogP contribution in [0.3, 0.4) is 0 Å². The van der Waals surface area contributed by atoms with Gasteiger partial charge in [-0.15, -0.1) is 0 Å². The first-order valence-corrected chi connectivity index (χ1v) is 9.65. The zero-order chi connectivity index (χ0) is 21.4. The molecule has 2 aromatic carbocycles.